The highest BCUT2D eigenvalue weighted by atomic mass is 127. The zero-order valence-electron chi connectivity index (χ0n) is 13.4. The lowest BCUT2D eigenvalue weighted by Crippen LogP contribution is -2.26. The summed E-state index contributed by atoms with van der Waals surface area (Å²) in [7, 11) is 0. The fraction of sp³-hybridized carbons (Fsp3) is 0.588. The van der Waals surface area contributed by atoms with Gasteiger partial charge in [0.2, 0.25) is 0 Å². The summed E-state index contributed by atoms with van der Waals surface area (Å²) in [6.07, 6.45) is 5.98. The van der Waals surface area contributed by atoms with E-state index in [-0.39, 0.29) is 35.7 Å². The molecule has 5 heteroatoms. The summed E-state index contributed by atoms with van der Waals surface area (Å²) in [4.78, 5) is 4.42. The van der Waals surface area contributed by atoms with Gasteiger partial charge in [-0.25, -0.2) is 0 Å². The van der Waals surface area contributed by atoms with Crippen LogP contribution in [0, 0.1) is 0 Å². The summed E-state index contributed by atoms with van der Waals surface area (Å²) in [5.74, 6) is 0.473. The molecule has 0 saturated carbocycles. The number of ether oxygens (including phenoxy) is 1. The molecule has 1 heterocycles. The van der Waals surface area contributed by atoms with Gasteiger partial charge in [-0.05, 0) is 69.2 Å². The molecule has 22 heavy (non-hydrogen) atoms. The summed E-state index contributed by atoms with van der Waals surface area (Å²) >= 11 is 0. The molecule has 3 rings (SSSR count). The number of hydrogen-bond acceptors (Lipinski definition) is 2. The largest absolute Gasteiger partial charge is 0.370 e. The SMILES string of the molecule is CC1(C)CCC(CN=C(N)Nc2ccc3c(c2)CCC3)O1.I. The Morgan fingerprint density at radius 3 is 2.86 bits per heavy atom. The number of aliphatic imine (C=N–C) groups is 1. The number of rotatable bonds is 3. The van der Waals surface area contributed by atoms with Crippen LogP contribution in [0.4, 0.5) is 5.69 Å². The smallest absolute Gasteiger partial charge is 0.193 e. The highest BCUT2D eigenvalue weighted by molar-refractivity contribution is 14.0. The summed E-state index contributed by atoms with van der Waals surface area (Å²) in [5, 5.41) is 3.19. The molecular weight excluding hydrogens is 389 g/mol. The molecule has 122 valence electrons. The molecule has 1 aromatic carbocycles. The van der Waals surface area contributed by atoms with Crippen molar-refractivity contribution in [1.29, 1.82) is 0 Å². The molecule has 2 aliphatic rings. The van der Waals surface area contributed by atoms with Crippen molar-refractivity contribution in [1.82, 2.24) is 0 Å². The zero-order chi connectivity index (χ0) is 14.9. The second-order valence-corrected chi connectivity index (χ2v) is 6.73. The molecule has 1 unspecified atom stereocenters. The quantitative estimate of drug-likeness (QED) is 0.452. The van der Waals surface area contributed by atoms with Gasteiger partial charge in [-0.1, -0.05) is 6.07 Å². The second-order valence-electron chi connectivity index (χ2n) is 6.73. The van der Waals surface area contributed by atoms with Crippen LogP contribution in [0.15, 0.2) is 23.2 Å². The number of hydrogen-bond donors (Lipinski definition) is 2. The molecule has 4 nitrogen and oxygen atoms in total. The number of benzene rings is 1. The van der Waals surface area contributed by atoms with Gasteiger partial charge >= 0.3 is 0 Å². The molecule has 1 saturated heterocycles. The van der Waals surface area contributed by atoms with E-state index in [1.807, 2.05) is 0 Å². The Balaban J connectivity index is 0.00000176. The molecule has 1 atom stereocenters. The first-order chi connectivity index (χ1) is 10.0. The van der Waals surface area contributed by atoms with Crippen molar-refractivity contribution in [2.45, 2.75) is 57.7 Å². The summed E-state index contributed by atoms with van der Waals surface area (Å²) in [6.45, 7) is 4.89. The lowest BCUT2D eigenvalue weighted by atomic mass is 10.1. The van der Waals surface area contributed by atoms with Crippen LogP contribution in [0.2, 0.25) is 0 Å². The molecule has 1 aromatic rings. The number of fused-ring (bicyclic) bond motifs is 1. The van der Waals surface area contributed by atoms with E-state index in [4.69, 9.17) is 10.5 Å². The minimum absolute atomic E-state index is 0. The Bertz CT molecular complexity index is 557. The summed E-state index contributed by atoms with van der Waals surface area (Å²) in [6, 6.07) is 6.47. The Labute approximate surface area is 149 Å². The Kier molecular flexibility index (Phi) is 5.71. The molecular formula is C17H26IN3O. The molecule has 0 amide bonds. The predicted molar refractivity (Wildman–Crippen MR) is 102 cm³/mol. The summed E-state index contributed by atoms with van der Waals surface area (Å²) in [5.41, 5.74) is 9.91. The number of aryl methyl sites for hydroxylation is 2. The first-order valence-electron chi connectivity index (χ1n) is 7.88. The van der Waals surface area contributed by atoms with E-state index in [2.05, 4.69) is 42.4 Å². The maximum atomic E-state index is 5.98. The third-order valence-corrected chi connectivity index (χ3v) is 4.39. The topological polar surface area (TPSA) is 59.6 Å². The van der Waals surface area contributed by atoms with Crippen molar-refractivity contribution in [2.75, 3.05) is 11.9 Å². The molecule has 1 fully saturated rings. The van der Waals surface area contributed by atoms with Crippen LogP contribution in [0.3, 0.4) is 0 Å². The van der Waals surface area contributed by atoms with E-state index >= 15 is 0 Å². The van der Waals surface area contributed by atoms with E-state index < -0.39 is 0 Å². The van der Waals surface area contributed by atoms with Gasteiger partial charge in [-0.15, -0.1) is 24.0 Å². The third-order valence-electron chi connectivity index (χ3n) is 4.39. The van der Waals surface area contributed by atoms with Crippen LogP contribution < -0.4 is 11.1 Å². The minimum atomic E-state index is -0.0115. The van der Waals surface area contributed by atoms with E-state index in [1.165, 1.54) is 30.4 Å². The minimum Gasteiger partial charge on any atom is -0.370 e. The van der Waals surface area contributed by atoms with Crippen molar-refractivity contribution in [3.05, 3.63) is 29.3 Å². The van der Waals surface area contributed by atoms with Crippen molar-refractivity contribution in [2.24, 2.45) is 10.7 Å². The van der Waals surface area contributed by atoms with Gasteiger partial charge < -0.3 is 15.8 Å². The first kappa shape index (κ1) is 17.5. The fourth-order valence-electron chi connectivity index (χ4n) is 3.24. The fourth-order valence-corrected chi connectivity index (χ4v) is 3.24. The predicted octanol–water partition coefficient (Wildman–Crippen LogP) is 3.48. The molecule has 0 spiro atoms. The highest BCUT2D eigenvalue weighted by Crippen LogP contribution is 2.29. The first-order valence-corrected chi connectivity index (χ1v) is 7.88. The normalized spacial score (nSPS) is 23.0. The number of nitrogens with zero attached hydrogens (tertiary/aromatic N) is 1. The van der Waals surface area contributed by atoms with E-state index in [0.717, 1.165) is 18.5 Å². The van der Waals surface area contributed by atoms with E-state index in [0.29, 0.717) is 12.5 Å². The molecule has 1 aliphatic heterocycles. The van der Waals surface area contributed by atoms with Gasteiger partial charge in [0.15, 0.2) is 5.96 Å². The van der Waals surface area contributed by atoms with Gasteiger partial charge in [0.05, 0.1) is 18.2 Å². The Morgan fingerprint density at radius 2 is 2.14 bits per heavy atom. The number of anilines is 1. The van der Waals surface area contributed by atoms with Crippen molar-refractivity contribution in [3.8, 4) is 0 Å². The van der Waals surface area contributed by atoms with Crippen LogP contribution in [0.5, 0.6) is 0 Å². The van der Waals surface area contributed by atoms with Gasteiger partial charge in [0.1, 0.15) is 0 Å². The molecule has 0 radical (unpaired) electrons. The van der Waals surface area contributed by atoms with Crippen LogP contribution in [-0.2, 0) is 17.6 Å². The average Bonchev–Trinajstić information content (AvgIpc) is 3.02. The molecule has 3 N–H and O–H groups in total. The number of nitrogens with two attached hydrogens (primary N) is 1. The van der Waals surface area contributed by atoms with Gasteiger partial charge in [-0.2, -0.15) is 0 Å². The second kappa shape index (κ2) is 7.17. The Morgan fingerprint density at radius 1 is 1.36 bits per heavy atom. The zero-order valence-corrected chi connectivity index (χ0v) is 15.7. The number of halogens is 1. The third kappa shape index (κ3) is 4.35. The molecule has 1 aliphatic carbocycles. The van der Waals surface area contributed by atoms with Gasteiger partial charge in [-0.3, -0.25) is 4.99 Å². The van der Waals surface area contributed by atoms with Crippen LogP contribution in [0.25, 0.3) is 0 Å². The van der Waals surface area contributed by atoms with E-state index in [1.54, 1.807) is 0 Å². The standard InChI is InChI=1S/C17H25N3O.HI/c1-17(2)9-8-15(21-17)11-19-16(18)20-14-7-6-12-4-3-5-13(12)10-14;/h6-7,10,15H,3-5,8-9,11H2,1-2H3,(H3,18,19,20);1H. The monoisotopic (exact) mass is 415 g/mol. The highest BCUT2D eigenvalue weighted by Gasteiger charge is 2.31. The maximum Gasteiger partial charge on any atom is 0.193 e. The maximum absolute atomic E-state index is 5.98. The van der Waals surface area contributed by atoms with E-state index in [9.17, 15) is 0 Å². The van der Waals surface area contributed by atoms with Crippen LogP contribution in [0.1, 0.15) is 44.2 Å². The lowest BCUT2D eigenvalue weighted by Gasteiger charge is -2.18. The average molecular weight is 415 g/mol. The number of nitrogens with one attached hydrogen (secondary N) is 1. The molecule has 0 bridgehead atoms. The number of guanidine groups is 1. The molecule has 0 aromatic heterocycles. The van der Waals surface area contributed by atoms with Crippen molar-refractivity contribution < 1.29 is 4.74 Å². The van der Waals surface area contributed by atoms with Crippen LogP contribution >= 0.6 is 24.0 Å². The van der Waals surface area contributed by atoms with Gasteiger partial charge in [0, 0.05) is 5.69 Å². The van der Waals surface area contributed by atoms with Crippen molar-refractivity contribution in [3.63, 3.8) is 0 Å². The van der Waals surface area contributed by atoms with Gasteiger partial charge in [0.25, 0.3) is 0 Å². The lowest BCUT2D eigenvalue weighted by molar-refractivity contribution is -0.0106. The van der Waals surface area contributed by atoms with Crippen LogP contribution in [-0.4, -0.2) is 24.2 Å². The van der Waals surface area contributed by atoms with Crippen molar-refractivity contribution >= 4 is 35.6 Å². The summed E-state index contributed by atoms with van der Waals surface area (Å²) < 4.78 is 5.92. The Hall–Kier alpha value is -0.820.